The summed E-state index contributed by atoms with van der Waals surface area (Å²) < 4.78 is 0. The Morgan fingerprint density at radius 2 is 0.301 bits per heavy atom. The van der Waals surface area contributed by atoms with Crippen molar-refractivity contribution in [2.45, 2.75) is 601 Å². The number of rotatable bonds is 20. The lowest BCUT2D eigenvalue weighted by atomic mass is 9.59. The van der Waals surface area contributed by atoms with Crippen LogP contribution in [0.15, 0.2) is 0 Å². The second kappa shape index (κ2) is 63.3. The highest BCUT2D eigenvalue weighted by Gasteiger charge is 2.41. The summed E-state index contributed by atoms with van der Waals surface area (Å²) in [6, 6.07) is 0. The van der Waals surface area contributed by atoms with E-state index in [2.05, 4.69) is 138 Å². The molecule has 0 amide bonds. The molecule has 0 radical (unpaired) electrons. The van der Waals surface area contributed by atoms with E-state index in [1.54, 1.807) is 89.9 Å². The first-order valence-electron chi connectivity index (χ1n) is 59.5. The molecule has 0 aromatic rings. The molecule has 0 bridgehead atoms. The maximum absolute atomic E-state index is 2.60. The van der Waals surface area contributed by atoms with E-state index < -0.39 is 0 Å². The van der Waals surface area contributed by atoms with E-state index in [0.29, 0.717) is 5.41 Å². The number of fused-ring (bicyclic) bond motifs is 1. The number of hydrogen-bond donors (Lipinski definition) is 0. The van der Waals surface area contributed by atoms with Gasteiger partial charge in [0.2, 0.25) is 0 Å². The highest BCUT2D eigenvalue weighted by atomic mass is 14.5. The molecule has 0 spiro atoms. The molecule has 0 aromatic carbocycles. The van der Waals surface area contributed by atoms with E-state index in [1.807, 2.05) is 0 Å². The Labute approximate surface area is 778 Å². The molecular formula is C123H234. The van der Waals surface area contributed by atoms with Crippen molar-refractivity contribution < 1.29 is 0 Å². The summed E-state index contributed by atoms with van der Waals surface area (Å²) >= 11 is 0. The van der Waals surface area contributed by atoms with Crippen LogP contribution in [-0.2, 0) is 0 Å². The van der Waals surface area contributed by atoms with Gasteiger partial charge < -0.3 is 0 Å². The second-order valence-corrected chi connectivity index (χ2v) is 50.7. The van der Waals surface area contributed by atoms with Gasteiger partial charge in [-0.05, 0) is 299 Å². The Hall–Kier alpha value is 0. The highest BCUT2D eigenvalue weighted by molar-refractivity contribution is 4.92. The first-order valence-corrected chi connectivity index (χ1v) is 59.5. The normalized spacial score (nSPS) is 39.9. The van der Waals surface area contributed by atoms with E-state index in [1.165, 1.54) is 372 Å². The SMILES string of the molecule is CC1CCC(C)CC1.CC1CCC(C2CCC(C)CC2)CC1.CC1CCC(CC2CCC(C)CC2)CC1.CC1CCC2CC(C)CCC2C1.CCC1CCC(C(C)(C)C2CCC(CC)CC2)CC1.CCC1CCC(C2CCC(CC)CC2)CC1.CCC1CCC(CC)CC1.CCC1CCC(CC2CCC(CC)CC2)CC1.CCCC1CCC(CCC)CC1. The summed E-state index contributed by atoms with van der Waals surface area (Å²) in [5, 5.41) is 0. The fourth-order valence-electron chi connectivity index (χ4n) is 29.9. The van der Waals surface area contributed by atoms with Crippen LogP contribution in [0.3, 0.4) is 0 Å². The van der Waals surface area contributed by atoms with Gasteiger partial charge in [0.15, 0.2) is 0 Å². The Balaban J connectivity index is 0.000000192. The Bertz CT molecular complexity index is 2210. The summed E-state index contributed by atoms with van der Waals surface area (Å²) in [7, 11) is 0. The predicted molar refractivity (Wildman–Crippen MR) is 553 cm³/mol. The Morgan fingerprint density at radius 3 is 0.512 bits per heavy atom. The molecule has 0 nitrogen and oxygen atoms in total. The predicted octanol–water partition coefficient (Wildman–Crippen LogP) is 42.0. The highest BCUT2D eigenvalue weighted by Crippen LogP contribution is 2.52. The largest absolute Gasteiger partial charge is 0.0654 e. The molecule has 4 unspecified atom stereocenters. The molecule has 15 aliphatic rings. The molecule has 0 saturated heterocycles. The Kier molecular flexibility index (Phi) is 56.6. The van der Waals surface area contributed by atoms with Crippen LogP contribution >= 0.6 is 0 Å². The lowest BCUT2D eigenvalue weighted by molar-refractivity contribution is 0.0381. The van der Waals surface area contributed by atoms with Gasteiger partial charge in [-0.3, -0.25) is 0 Å². The third kappa shape index (κ3) is 43.1. The first-order chi connectivity index (χ1) is 59.5. The maximum atomic E-state index is 2.60. The minimum atomic E-state index is 0.609. The van der Waals surface area contributed by atoms with Crippen LogP contribution in [0.4, 0.5) is 0 Å². The average Bonchev–Trinajstić information content (AvgIpc) is 0.803. The third-order valence-electron chi connectivity index (χ3n) is 41.0. The van der Waals surface area contributed by atoms with Gasteiger partial charge in [0.1, 0.15) is 0 Å². The van der Waals surface area contributed by atoms with Crippen LogP contribution in [0, 0.1) is 183 Å². The second-order valence-electron chi connectivity index (χ2n) is 50.7. The van der Waals surface area contributed by atoms with Crippen LogP contribution in [0.1, 0.15) is 601 Å². The molecule has 0 heterocycles. The van der Waals surface area contributed by atoms with Gasteiger partial charge >= 0.3 is 0 Å². The van der Waals surface area contributed by atoms with Crippen molar-refractivity contribution >= 4 is 0 Å². The summed E-state index contributed by atoms with van der Waals surface area (Å²) in [5.41, 5.74) is 0.609. The zero-order chi connectivity index (χ0) is 88.7. The molecule has 4 atom stereocenters. The van der Waals surface area contributed by atoms with Crippen molar-refractivity contribution in [2.75, 3.05) is 0 Å². The molecule has 15 rings (SSSR count). The smallest absolute Gasteiger partial charge is 0.0298 e. The molecule has 0 N–H and O–H groups in total. The van der Waals surface area contributed by atoms with Crippen LogP contribution < -0.4 is 0 Å². The van der Waals surface area contributed by atoms with Crippen LogP contribution in [0.25, 0.3) is 0 Å². The van der Waals surface area contributed by atoms with Crippen molar-refractivity contribution in [1.29, 1.82) is 0 Å². The molecule has 15 saturated carbocycles. The first kappa shape index (κ1) is 110. The lowest BCUT2D eigenvalue weighted by Crippen LogP contribution is -2.37. The van der Waals surface area contributed by atoms with E-state index in [9.17, 15) is 0 Å². The summed E-state index contributed by atoms with van der Waals surface area (Å²) in [6.45, 7) is 48.1. The molecule has 123 heavy (non-hydrogen) atoms. The van der Waals surface area contributed by atoms with E-state index in [4.69, 9.17) is 0 Å². The van der Waals surface area contributed by atoms with Crippen LogP contribution in [0.5, 0.6) is 0 Å². The minimum Gasteiger partial charge on any atom is -0.0654 e. The fraction of sp³-hybridized carbons (Fsp3) is 1.00. The third-order valence-corrected chi connectivity index (χ3v) is 41.0. The van der Waals surface area contributed by atoms with Crippen molar-refractivity contribution in [3.05, 3.63) is 0 Å². The monoisotopic (exact) mass is 1710 g/mol. The van der Waals surface area contributed by atoms with Crippen LogP contribution in [0.2, 0.25) is 0 Å². The molecule has 726 valence electrons. The van der Waals surface area contributed by atoms with Crippen molar-refractivity contribution in [3.63, 3.8) is 0 Å². The molecular weight excluding hydrogens is 1480 g/mol. The van der Waals surface area contributed by atoms with Crippen LogP contribution in [-0.4, -0.2) is 0 Å². The molecule has 0 heteroatoms. The van der Waals surface area contributed by atoms with Crippen molar-refractivity contribution in [2.24, 2.45) is 183 Å². The summed E-state index contributed by atoms with van der Waals surface area (Å²) in [5.74, 6) is 32.0. The maximum Gasteiger partial charge on any atom is -0.0298 e. The quantitative estimate of drug-likeness (QED) is 0.114. The van der Waals surface area contributed by atoms with E-state index in [-0.39, 0.29) is 0 Å². The zero-order valence-corrected chi connectivity index (χ0v) is 88.7. The summed E-state index contributed by atoms with van der Waals surface area (Å²) in [6.07, 6.45) is 109. The van der Waals surface area contributed by atoms with E-state index in [0.717, 1.165) is 178 Å². The average molecular weight is 1710 g/mol. The lowest BCUT2D eigenvalue weighted by Gasteiger charge is -2.46. The molecule has 15 aliphatic carbocycles. The summed E-state index contributed by atoms with van der Waals surface area (Å²) in [4.78, 5) is 0. The van der Waals surface area contributed by atoms with Gasteiger partial charge in [-0.1, -0.05) is 485 Å². The topological polar surface area (TPSA) is 0 Å². The fourth-order valence-corrected chi connectivity index (χ4v) is 29.9. The van der Waals surface area contributed by atoms with Gasteiger partial charge in [-0.2, -0.15) is 0 Å². The van der Waals surface area contributed by atoms with Crippen molar-refractivity contribution in [3.8, 4) is 0 Å². The zero-order valence-electron chi connectivity index (χ0n) is 88.7. The van der Waals surface area contributed by atoms with Gasteiger partial charge in [0.05, 0.1) is 0 Å². The van der Waals surface area contributed by atoms with Crippen molar-refractivity contribution in [1.82, 2.24) is 0 Å². The van der Waals surface area contributed by atoms with Gasteiger partial charge in [-0.15, -0.1) is 0 Å². The van der Waals surface area contributed by atoms with Gasteiger partial charge in [0.25, 0.3) is 0 Å². The Morgan fingerprint density at radius 1 is 0.154 bits per heavy atom. The molecule has 0 aliphatic heterocycles. The molecule has 15 fully saturated rings. The molecule has 0 aromatic heterocycles. The minimum absolute atomic E-state index is 0.609. The number of hydrogen-bond acceptors (Lipinski definition) is 0. The van der Waals surface area contributed by atoms with Gasteiger partial charge in [0, 0.05) is 0 Å². The van der Waals surface area contributed by atoms with E-state index >= 15 is 0 Å². The van der Waals surface area contributed by atoms with Gasteiger partial charge in [-0.25, -0.2) is 0 Å². The standard InChI is InChI=1S/C19H36.C17H32.C16H30.C15H28.C14H26.C12H22.C12H24.C10H20.C8H16/c1-5-15-7-11-17(12-8-15)19(3,4)18-13-9-16(6-2)10-14-18;1-3-14-5-9-16(10-6-14)13-17-11-7-15(4-2)8-12-17;1-3-13-5-9-15(10-6-13)16-11-7-14(4-2)8-12-16;1-12-3-7-14(8-4-12)11-15-9-5-13(2)6-10-15;1-11-3-7-13(8-4-11)14-9-5-12(2)6-10-14;1-9-3-5-12-8-10(2)4-6-11(12)7-9;1-3-5-11-7-9-12(6-4-2)10-8-11;1-3-9-5-7-10(4-2)8-6-9;1-7-3-5-8(2)6-4-7/h15-18H,5-14H2,1-4H3;14-17H,3-13H2,1-2H3;13-16H,3-12H2,1-2H3;12-15H,3-11H2,1-2H3;11-14H,3-10H2,1-2H3;9-12H,3-8H2,1-2H3;11-12H,3-10H2,1-2H3;9-10H,3-8H2,1-2H3;7-8H,3-6H2,1-2H3.